The molecule has 7 nitrogen and oxygen atoms in total. The van der Waals surface area contributed by atoms with Crippen molar-refractivity contribution in [2.24, 2.45) is 0 Å². The van der Waals surface area contributed by atoms with E-state index in [4.69, 9.17) is 14.2 Å². The van der Waals surface area contributed by atoms with E-state index in [9.17, 15) is 9.59 Å². The van der Waals surface area contributed by atoms with E-state index in [0.717, 1.165) is 35.9 Å². The Kier molecular flexibility index (Phi) is 7.30. The summed E-state index contributed by atoms with van der Waals surface area (Å²) in [5, 5.41) is 2.85. The van der Waals surface area contributed by atoms with Crippen molar-refractivity contribution < 1.29 is 28.7 Å². The number of esters is 1. The molecule has 2 aromatic carbocycles. The third-order valence-corrected chi connectivity index (χ3v) is 5.07. The van der Waals surface area contributed by atoms with Gasteiger partial charge in [-0.1, -0.05) is 12.1 Å². The molecular formula is C23H29N2O5+. The summed E-state index contributed by atoms with van der Waals surface area (Å²) in [6, 6.07) is 10.9. The largest absolute Gasteiger partial charge is 0.490 e. The summed E-state index contributed by atoms with van der Waals surface area (Å²) in [6.07, 6.45) is 0.864. The number of anilines is 1. The molecule has 0 saturated carbocycles. The summed E-state index contributed by atoms with van der Waals surface area (Å²) >= 11 is 0. The molecule has 1 unspecified atom stereocenters. The standard InChI is InChI=1S/C23H28N2O5/c1-4-29-20-12-16-10-11-25(14-17(16)13-21(20)30-5-2)15-22(26)24-19-9-7-6-8-18(19)23(27)28-3/h6-9,12-13H,4-5,10-11,14-15H2,1-3H3,(H,24,26)/p+1. The van der Waals surface area contributed by atoms with Gasteiger partial charge in [0.05, 0.1) is 38.1 Å². The van der Waals surface area contributed by atoms with Crippen molar-refractivity contribution in [3.63, 3.8) is 0 Å². The maximum atomic E-state index is 12.6. The lowest BCUT2D eigenvalue weighted by atomic mass is 9.98. The molecule has 7 heteroatoms. The lowest BCUT2D eigenvalue weighted by Gasteiger charge is -2.26. The van der Waals surface area contributed by atoms with Gasteiger partial charge in [-0.3, -0.25) is 4.79 Å². The molecule has 0 aromatic heterocycles. The number of amides is 1. The number of hydrogen-bond donors (Lipinski definition) is 2. The molecule has 3 rings (SSSR count). The third-order valence-electron chi connectivity index (χ3n) is 5.07. The van der Waals surface area contributed by atoms with Crippen LogP contribution in [0.4, 0.5) is 5.69 Å². The first-order valence-electron chi connectivity index (χ1n) is 10.3. The first-order chi connectivity index (χ1) is 14.5. The van der Waals surface area contributed by atoms with E-state index in [2.05, 4.69) is 11.4 Å². The quantitative estimate of drug-likeness (QED) is 0.646. The van der Waals surface area contributed by atoms with Crippen LogP contribution in [0.2, 0.25) is 0 Å². The molecule has 2 N–H and O–H groups in total. The minimum absolute atomic E-state index is 0.138. The van der Waals surface area contributed by atoms with Crippen LogP contribution in [0.1, 0.15) is 35.3 Å². The molecule has 1 amide bonds. The maximum absolute atomic E-state index is 12.6. The van der Waals surface area contributed by atoms with E-state index in [0.29, 0.717) is 31.0 Å². The fourth-order valence-electron chi connectivity index (χ4n) is 3.70. The average Bonchev–Trinajstić information content (AvgIpc) is 2.74. The van der Waals surface area contributed by atoms with Gasteiger partial charge in [-0.2, -0.15) is 0 Å². The molecule has 0 spiro atoms. The van der Waals surface area contributed by atoms with Crippen LogP contribution in [-0.4, -0.2) is 45.3 Å². The molecule has 30 heavy (non-hydrogen) atoms. The van der Waals surface area contributed by atoms with Crippen molar-refractivity contribution in [1.82, 2.24) is 0 Å². The second-order valence-corrected chi connectivity index (χ2v) is 7.12. The summed E-state index contributed by atoms with van der Waals surface area (Å²) in [4.78, 5) is 25.7. The van der Waals surface area contributed by atoms with Crippen molar-refractivity contribution in [1.29, 1.82) is 0 Å². The van der Waals surface area contributed by atoms with E-state index in [-0.39, 0.29) is 5.91 Å². The minimum atomic E-state index is -0.473. The summed E-state index contributed by atoms with van der Waals surface area (Å²) in [5.41, 5.74) is 3.22. The Morgan fingerprint density at radius 3 is 2.37 bits per heavy atom. The number of rotatable bonds is 8. The van der Waals surface area contributed by atoms with Gasteiger partial charge in [0.1, 0.15) is 6.54 Å². The van der Waals surface area contributed by atoms with Crippen LogP contribution in [0.3, 0.4) is 0 Å². The zero-order valence-corrected chi connectivity index (χ0v) is 17.7. The van der Waals surface area contributed by atoms with E-state index >= 15 is 0 Å². The highest BCUT2D eigenvalue weighted by Gasteiger charge is 2.25. The van der Waals surface area contributed by atoms with E-state index in [1.807, 2.05) is 19.9 Å². The number of nitrogens with one attached hydrogen (secondary N) is 2. The Morgan fingerprint density at radius 1 is 1.03 bits per heavy atom. The van der Waals surface area contributed by atoms with E-state index in [1.165, 1.54) is 18.2 Å². The van der Waals surface area contributed by atoms with E-state index in [1.54, 1.807) is 24.3 Å². The average molecular weight is 413 g/mol. The summed E-state index contributed by atoms with van der Waals surface area (Å²) in [6.45, 7) is 6.95. The van der Waals surface area contributed by atoms with Gasteiger partial charge in [-0.05, 0) is 43.7 Å². The molecule has 0 bridgehead atoms. The highest BCUT2D eigenvalue weighted by atomic mass is 16.5. The predicted octanol–water partition coefficient (Wildman–Crippen LogP) is 1.85. The van der Waals surface area contributed by atoms with Gasteiger partial charge in [0.25, 0.3) is 5.91 Å². The second-order valence-electron chi connectivity index (χ2n) is 7.12. The Hall–Kier alpha value is -3.06. The third kappa shape index (κ3) is 5.10. The molecule has 0 saturated heterocycles. The molecular weight excluding hydrogens is 384 g/mol. The van der Waals surface area contributed by atoms with Crippen LogP contribution in [0.25, 0.3) is 0 Å². The predicted molar refractivity (Wildman–Crippen MR) is 113 cm³/mol. The number of carbonyl (C=O) groups excluding carboxylic acids is 2. The number of hydrogen-bond acceptors (Lipinski definition) is 5. The second kappa shape index (κ2) is 10.1. The zero-order chi connectivity index (χ0) is 21.5. The molecule has 2 aromatic rings. The van der Waals surface area contributed by atoms with Crippen LogP contribution in [0.5, 0.6) is 11.5 Å². The normalized spacial score (nSPS) is 15.1. The van der Waals surface area contributed by atoms with Gasteiger partial charge >= 0.3 is 5.97 Å². The number of fused-ring (bicyclic) bond motifs is 1. The number of para-hydroxylation sites is 1. The first kappa shape index (κ1) is 21.6. The lowest BCUT2D eigenvalue weighted by Crippen LogP contribution is -3.12. The van der Waals surface area contributed by atoms with Crippen LogP contribution in [0, 0.1) is 0 Å². The lowest BCUT2D eigenvalue weighted by molar-refractivity contribution is -0.907. The summed E-state index contributed by atoms with van der Waals surface area (Å²) in [5.74, 6) is 0.911. The van der Waals surface area contributed by atoms with Crippen LogP contribution < -0.4 is 19.7 Å². The van der Waals surface area contributed by atoms with Crippen LogP contribution in [-0.2, 0) is 22.5 Å². The molecule has 160 valence electrons. The highest BCUT2D eigenvalue weighted by Crippen LogP contribution is 2.32. The number of benzene rings is 2. The van der Waals surface area contributed by atoms with Gasteiger partial charge in [0, 0.05) is 12.0 Å². The molecule has 0 aliphatic carbocycles. The molecule has 1 heterocycles. The summed E-state index contributed by atoms with van der Waals surface area (Å²) < 4.78 is 16.2. The fourth-order valence-corrected chi connectivity index (χ4v) is 3.70. The Morgan fingerprint density at radius 2 is 1.70 bits per heavy atom. The summed E-state index contributed by atoms with van der Waals surface area (Å²) in [7, 11) is 1.32. The SMILES string of the molecule is CCOc1cc2c(cc1OCC)C[NH+](CC(=O)Nc1ccccc1C(=O)OC)CC2. The van der Waals surface area contributed by atoms with Crippen molar-refractivity contribution in [2.45, 2.75) is 26.8 Å². The molecule has 0 radical (unpaired) electrons. The number of methoxy groups -OCH3 is 1. The van der Waals surface area contributed by atoms with Gasteiger partial charge < -0.3 is 24.4 Å². The van der Waals surface area contributed by atoms with Crippen LogP contribution >= 0.6 is 0 Å². The van der Waals surface area contributed by atoms with Crippen molar-refractivity contribution in [3.8, 4) is 11.5 Å². The van der Waals surface area contributed by atoms with Crippen molar-refractivity contribution in [2.75, 3.05) is 38.7 Å². The Bertz CT molecular complexity index is 912. The first-order valence-corrected chi connectivity index (χ1v) is 10.3. The monoisotopic (exact) mass is 413 g/mol. The van der Waals surface area contributed by atoms with E-state index < -0.39 is 5.97 Å². The Balaban J connectivity index is 1.68. The van der Waals surface area contributed by atoms with Gasteiger partial charge in [0.2, 0.25) is 0 Å². The van der Waals surface area contributed by atoms with Crippen molar-refractivity contribution in [3.05, 3.63) is 53.1 Å². The maximum Gasteiger partial charge on any atom is 0.339 e. The van der Waals surface area contributed by atoms with Gasteiger partial charge in [-0.15, -0.1) is 0 Å². The topological polar surface area (TPSA) is 78.3 Å². The highest BCUT2D eigenvalue weighted by molar-refractivity contribution is 6.01. The number of carbonyl (C=O) groups is 2. The molecule has 1 aliphatic heterocycles. The van der Waals surface area contributed by atoms with Crippen LogP contribution in [0.15, 0.2) is 36.4 Å². The minimum Gasteiger partial charge on any atom is -0.490 e. The smallest absolute Gasteiger partial charge is 0.339 e. The molecule has 1 atom stereocenters. The number of ether oxygens (including phenoxy) is 3. The zero-order valence-electron chi connectivity index (χ0n) is 17.7. The molecule has 0 fully saturated rings. The van der Waals surface area contributed by atoms with Gasteiger partial charge in [-0.25, -0.2) is 4.79 Å². The van der Waals surface area contributed by atoms with Crippen molar-refractivity contribution >= 4 is 17.6 Å². The fraction of sp³-hybridized carbons (Fsp3) is 0.391. The number of quaternary nitrogens is 1. The van der Waals surface area contributed by atoms with Gasteiger partial charge in [0.15, 0.2) is 18.0 Å². The molecule has 1 aliphatic rings. The Labute approximate surface area is 176 Å².